The van der Waals surface area contributed by atoms with E-state index in [-0.39, 0.29) is 12.0 Å². The summed E-state index contributed by atoms with van der Waals surface area (Å²) in [7, 11) is 0. The Labute approximate surface area is 148 Å². The highest BCUT2D eigenvalue weighted by molar-refractivity contribution is 5.94. The molecule has 1 aromatic carbocycles. The van der Waals surface area contributed by atoms with Crippen molar-refractivity contribution in [1.29, 1.82) is 0 Å². The summed E-state index contributed by atoms with van der Waals surface area (Å²) in [4.78, 5) is 18.7. The minimum Gasteiger partial charge on any atom is -0.473 e. The smallest absolute Gasteiger partial charge is 0.255 e. The van der Waals surface area contributed by atoms with Gasteiger partial charge in [0, 0.05) is 32.0 Å². The van der Waals surface area contributed by atoms with Crippen LogP contribution in [0.15, 0.2) is 48.7 Å². The molecule has 1 aromatic heterocycles. The van der Waals surface area contributed by atoms with Crippen LogP contribution in [0.2, 0.25) is 0 Å². The Morgan fingerprint density at radius 2 is 2.08 bits per heavy atom. The lowest BCUT2D eigenvalue weighted by Crippen LogP contribution is -2.43. The van der Waals surface area contributed by atoms with E-state index in [1.54, 1.807) is 18.3 Å². The molecule has 5 nitrogen and oxygen atoms in total. The van der Waals surface area contributed by atoms with Crippen molar-refractivity contribution >= 4 is 5.91 Å². The Balaban J connectivity index is 1.57. The highest BCUT2D eigenvalue weighted by Gasteiger charge is 2.24. The van der Waals surface area contributed by atoms with Gasteiger partial charge >= 0.3 is 0 Å². The maximum atomic E-state index is 12.6. The minimum absolute atomic E-state index is 0.00603. The van der Waals surface area contributed by atoms with Gasteiger partial charge in [-0.15, -0.1) is 0 Å². The number of aromatic nitrogens is 1. The Morgan fingerprint density at radius 1 is 1.24 bits per heavy atom. The number of nitrogens with zero attached hydrogens (tertiary/aromatic N) is 2. The van der Waals surface area contributed by atoms with Crippen LogP contribution in [-0.4, -0.2) is 41.6 Å². The van der Waals surface area contributed by atoms with Crippen LogP contribution in [0.4, 0.5) is 0 Å². The largest absolute Gasteiger partial charge is 0.473 e. The van der Waals surface area contributed by atoms with Gasteiger partial charge in [-0.1, -0.05) is 30.3 Å². The summed E-state index contributed by atoms with van der Waals surface area (Å²) in [5, 5.41) is 0. The van der Waals surface area contributed by atoms with Gasteiger partial charge in [-0.25, -0.2) is 4.98 Å². The summed E-state index contributed by atoms with van der Waals surface area (Å²) in [5.74, 6) is 0.526. The predicted octanol–water partition coefficient (Wildman–Crippen LogP) is 3.30. The van der Waals surface area contributed by atoms with Gasteiger partial charge in [-0.05, 0) is 31.4 Å². The third-order valence-electron chi connectivity index (χ3n) is 4.28. The van der Waals surface area contributed by atoms with E-state index < -0.39 is 0 Å². The highest BCUT2D eigenvalue weighted by Crippen LogP contribution is 2.17. The zero-order valence-electron chi connectivity index (χ0n) is 14.6. The number of amides is 1. The van der Waals surface area contributed by atoms with E-state index in [0.717, 1.165) is 24.9 Å². The van der Waals surface area contributed by atoms with Gasteiger partial charge in [-0.2, -0.15) is 0 Å². The summed E-state index contributed by atoms with van der Waals surface area (Å²) in [5.41, 5.74) is 1.67. The van der Waals surface area contributed by atoms with Crippen LogP contribution in [0, 0.1) is 0 Å². The highest BCUT2D eigenvalue weighted by atomic mass is 16.5. The van der Waals surface area contributed by atoms with Gasteiger partial charge in [0.25, 0.3) is 5.91 Å². The Hall–Kier alpha value is -2.40. The molecule has 1 amide bonds. The lowest BCUT2D eigenvalue weighted by Gasteiger charge is -2.32. The average Bonchev–Trinajstić information content (AvgIpc) is 2.67. The Morgan fingerprint density at radius 3 is 2.80 bits per heavy atom. The Bertz CT molecular complexity index is 671. The maximum absolute atomic E-state index is 12.6. The van der Waals surface area contributed by atoms with Crippen molar-refractivity contribution in [3.05, 3.63) is 59.8 Å². The van der Waals surface area contributed by atoms with Crippen LogP contribution in [0.3, 0.4) is 0 Å². The fourth-order valence-corrected chi connectivity index (χ4v) is 3.00. The van der Waals surface area contributed by atoms with Crippen molar-refractivity contribution in [3.63, 3.8) is 0 Å². The lowest BCUT2D eigenvalue weighted by molar-refractivity contribution is 0.00722. The van der Waals surface area contributed by atoms with E-state index in [9.17, 15) is 4.79 Å². The van der Waals surface area contributed by atoms with Crippen molar-refractivity contribution in [2.45, 2.75) is 32.5 Å². The first-order valence-corrected chi connectivity index (χ1v) is 8.80. The molecule has 0 spiro atoms. The fourth-order valence-electron chi connectivity index (χ4n) is 3.00. The van der Waals surface area contributed by atoms with Crippen molar-refractivity contribution in [2.24, 2.45) is 0 Å². The van der Waals surface area contributed by atoms with Crippen LogP contribution in [0.25, 0.3) is 0 Å². The monoisotopic (exact) mass is 340 g/mol. The van der Waals surface area contributed by atoms with Crippen LogP contribution < -0.4 is 4.74 Å². The van der Waals surface area contributed by atoms with Crippen molar-refractivity contribution in [3.8, 4) is 5.88 Å². The molecule has 0 aliphatic carbocycles. The maximum Gasteiger partial charge on any atom is 0.255 e. The van der Waals surface area contributed by atoms with Crippen LogP contribution in [-0.2, 0) is 11.3 Å². The number of rotatable bonds is 6. The molecule has 2 aromatic rings. The van der Waals surface area contributed by atoms with Gasteiger partial charge in [0.2, 0.25) is 5.88 Å². The SMILES string of the molecule is CCO[C@H]1CCCN(C(=O)c2ccc(OCc3ccccc3)nc2)C1. The molecule has 0 saturated carbocycles. The molecule has 132 valence electrons. The number of hydrogen-bond donors (Lipinski definition) is 0. The topological polar surface area (TPSA) is 51.7 Å². The zero-order chi connectivity index (χ0) is 17.5. The summed E-state index contributed by atoms with van der Waals surface area (Å²) in [6, 6.07) is 13.5. The zero-order valence-corrected chi connectivity index (χ0v) is 14.6. The lowest BCUT2D eigenvalue weighted by atomic mass is 10.1. The molecule has 5 heteroatoms. The van der Waals surface area contributed by atoms with E-state index in [1.807, 2.05) is 42.2 Å². The fraction of sp³-hybridized carbons (Fsp3) is 0.400. The second-order valence-corrected chi connectivity index (χ2v) is 6.13. The molecule has 25 heavy (non-hydrogen) atoms. The quantitative estimate of drug-likeness (QED) is 0.810. The number of hydrogen-bond acceptors (Lipinski definition) is 4. The van der Waals surface area contributed by atoms with Gasteiger partial charge in [0.05, 0.1) is 11.7 Å². The van der Waals surface area contributed by atoms with Gasteiger partial charge < -0.3 is 14.4 Å². The van der Waals surface area contributed by atoms with Crippen molar-refractivity contribution < 1.29 is 14.3 Å². The number of piperidine rings is 1. The van der Waals surface area contributed by atoms with Crippen molar-refractivity contribution in [2.75, 3.05) is 19.7 Å². The first kappa shape index (κ1) is 17.4. The molecular weight excluding hydrogens is 316 g/mol. The summed E-state index contributed by atoms with van der Waals surface area (Å²) in [6.45, 7) is 4.55. The summed E-state index contributed by atoms with van der Waals surface area (Å²) < 4.78 is 11.3. The van der Waals surface area contributed by atoms with Crippen LogP contribution in [0.1, 0.15) is 35.7 Å². The molecule has 1 aliphatic rings. The molecule has 0 unspecified atom stereocenters. The number of ether oxygens (including phenoxy) is 2. The molecule has 0 radical (unpaired) electrons. The molecule has 1 fully saturated rings. The van der Waals surface area contributed by atoms with Gasteiger partial charge in [-0.3, -0.25) is 4.79 Å². The molecule has 1 atom stereocenters. The van der Waals surface area contributed by atoms with E-state index >= 15 is 0 Å². The average molecular weight is 340 g/mol. The molecular formula is C20H24N2O3. The number of likely N-dealkylation sites (tertiary alicyclic amines) is 1. The minimum atomic E-state index is 0.00603. The molecule has 2 heterocycles. The summed E-state index contributed by atoms with van der Waals surface area (Å²) in [6.07, 6.45) is 3.72. The van der Waals surface area contributed by atoms with Crippen molar-refractivity contribution in [1.82, 2.24) is 9.88 Å². The Kier molecular flexibility index (Phi) is 6.01. The number of carbonyl (C=O) groups is 1. The normalized spacial score (nSPS) is 17.3. The van der Waals surface area contributed by atoms with E-state index in [0.29, 0.717) is 31.2 Å². The van der Waals surface area contributed by atoms with Crippen LogP contribution >= 0.6 is 0 Å². The van der Waals surface area contributed by atoms with E-state index in [4.69, 9.17) is 9.47 Å². The van der Waals surface area contributed by atoms with E-state index in [1.165, 1.54) is 0 Å². The molecule has 0 bridgehead atoms. The van der Waals surface area contributed by atoms with Crippen LogP contribution in [0.5, 0.6) is 5.88 Å². The van der Waals surface area contributed by atoms with Gasteiger partial charge in [0.1, 0.15) is 6.61 Å². The second kappa shape index (κ2) is 8.62. The third kappa shape index (κ3) is 4.79. The summed E-state index contributed by atoms with van der Waals surface area (Å²) >= 11 is 0. The molecule has 1 aliphatic heterocycles. The standard InChI is InChI=1S/C20H24N2O3/c1-2-24-18-9-6-12-22(14-18)20(23)17-10-11-19(21-13-17)25-15-16-7-4-3-5-8-16/h3-5,7-8,10-11,13,18H,2,6,9,12,14-15H2,1H3/t18-/m0/s1. The van der Waals surface area contributed by atoms with E-state index in [2.05, 4.69) is 4.98 Å². The number of benzene rings is 1. The molecule has 3 rings (SSSR count). The third-order valence-corrected chi connectivity index (χ3v) is 4.28. The molecule has 0 N–H and O–H groups in total. The molecule has 1 saturated heterocycles. The number of carbonyl (C=O) groups excluding carboxylic acids is 1. The second-order valence-electron chi connectivity index (χ2n) is 6.13. The first-order chi connectivity index (χ1) is 12.3. The predicted molar refractivity (Wildman–Crippen MR) is 95.6 cm³/mol. The van der Waals surface area contributed by atoms with Gasteiger partial charge in [0.15, 0.2) is 0 Å². The first-order valence-electron chi connectivity index (χ1n) is 8.80. The number of pyridine rings is 1.